The van der Waals surface area contributed by atoms with Crippen LogP contribution in [-0.2, 0) is 4.79 Å². The van der Waals surface area contributed by atoms with Crippen molar-refractivity contribution < 1.29 is 9.90 Å². The lowest BCUT2D eigenvalue weighted by Gasteiger charge is -2.40. The van der Waals surface area contributed by atoms with Gasteiger partial charge in [-0.05, 0) is 19.8 Å². The zero-order valence-corrected chi connectivity index (χ0v) is 8.99. The summed E-state index contributed by atoms with van der Waals surface area (Å²) < 4.78 is 0. The number of aliphatic hydroxyl groups excluding tert-OH is 1. The molecule has 1 amide bonds. The van der Waals surface area contributed by atoms with Crippen molar-refractivity contribution in [2.24, 2.45) is 0 Å². The van der Waals surface area contributed by atoms with E-state index in [1.807, 2.05) is 6.92 Å². The molecule has 14 heavy (non-hydrogen) atoms. The second-order valence-corrected chi connectivity index (χ2v) is 3.84. The van der Waals surface area contributed by atoms with E-state index in [0.717, 1.165) is 12.8 Å². The molecule has 1 unspecified atom stereocenters. The van der Waals surface area contributed by atoms with E-state index in [-0.39, 0.29) is 18.6 Å². The summed E-state index contributed by atoms with van der Waals surface area (Å²) in [5.41, 5.74) is 0. The predicted molar refractivity (Wildman–Crippen MR) is 55.0 cm³/mol. The molecule has 82 valence electrons. The lowest BCUT2D eigenvalue weighted by molar-refractivity contribution is -0.127. The van der Waals surface area contributed by atoms with Gasteiger partial charge in [-0.15, -0.1) is 0 Å². The van der Waals surface area contributed by atoms with Crippen LogP contribution in [0.3, 0.4) is 0 Å². The van der Waals surface area contributed by atoms with Crippen molar-refractivity contribution in [1.82, 2.24) is 10.2 Å². The highest BCUT2D eigenvalue weighted by atomic mass is 16.3. The van der Waals surface area contributed by atoms with E-state index in [0.29, 0.717) is 12.6 Å². The Labute approximate surface area is 85.3 Å². The minimum absolute atomic E-state index is 0.0327. The van der Waals surface area contributed by atoms with Crippen molar-refractivity contribution in [2.75, 3.05) is 20.2 Å². The quantitative estimate of drug-likeness (QED) is 0.655. The van der Waals surface area contributed by atoms with Crippen LogP contribution in [0, 0.1) is 0 Å². The third-order valence-corrected chi connectivity index (χ3v) is 3.03. The third kappa shape index (κ3) is 2.45. The van der Waals surface area contributed by atoms with Gasteiger partial charge in [-0.2, -0.15) is 0 Å². The number of likely N-dealkylation sites (N-methyl/N-ethyl adjacent to an activating group) is 1. The first-order chi connectivity index (χ1) is 6.70. The maximum atomic E-state index is 11.4. The second kappa shape index (κ2) is 5.32. The van der Waals surface area contributed by atoms with Gasteiger partial charge in [-0.1, -0.05) is 6.42 Å². The molecule has 1 aliphatic carbocycles. The molecule has 4 heteroatoms. The molecule has 1 atom stereocenters. The zero-order chi connectivity index (χ0) is 10.6. The predicted octanol–water partition coefficient (Wildman–Crippen LogP) is -0.0323. The molecule has 1 rings (SSSR count). The maximum Gasteiger partial charge on any atom is 0.236 e. The number of nitrogens with zero attached hydrogens (tertiary/aromatic N) is 1. The Balaban J connectivity index is 2.51. The molecule has 1 saturated carbocycles. The van der Waals surface area contributed by atoms with Gasteiger partial charge in [0.15, 0.2) is 0 Å². The van der Waals surface area contributed by atoms with E-state index in [1.165, 1.54) is 6.42 Å². The topological polar surface area (TPSA) is 52.6 Å². The molecule has 0 aromatic carbocycles. The van der Waals surface area contributed by atoms with Crippen LogP contribution in [0.5, 0.6) is 0 Å². The number of nitrogens with one attached hydrogen (secondary N) is 1. The Hall–Kier alpha value is -0.610. The zero-order valence-electron chi connectivity index (χ0n) is 8.99. The van der Waals surface area contributed by atoms with Gasteiger partial charge in [0.1, 0.15) is 0 Å². The van der Waals surface area contributed by atoms with Crippen LogP contribution < -0.4 is 5.32 Å². The molecule has 0 aromatic rings. The summed E-state index contributed by atoms with van der Waals surface area (Å²) in [7, 11) is 1.65. The molecule has 0 aromatic heterocycles. The van der Waals surface area contributed by atoms with Gasteiger partial charge in [-0.25, -0.2) is 0 Å². The van der Waals surface area contributed by atoms with Gasteiger partial charge < -0.3 is 10.4 Å². The molecule has 0 heterocycles. The van der Waals surface area contributed by atoms with E-state index in [2.05, 4.69) is 10.2 Å². The number of carbonyl (C=O) groups excluding carboxylic acids is 1. The summed E-state index contributed by atoms with van der Waals surface area (Å²) in [6, 6.07) is 0.367. The number of aliphatic hydroxyl groups is 1. The van der Waals surface area contributed by atoms with Crippen molar-refractivity contribution in [1.29, 1.82) is 0 Å². The smallest absolute Gasteiger partial charge is 0.236 e. The monoisotopic (exact) mass is 200 g/mol. The summed E-state index contributed by atoms with van der Waals surface area (Å²) in [5.74, 6) is 0.0327. The summed E-state index contributed by atoms with van der Waals surface area (Å²) in [4.78, 5) is 13.5. The van der Waals surface area contributed by atoms with E-state index in [4.69, 9.17) is 5.11 Å². The minimum Gasteiger partial charge on any atom is -0.395 e. The molecule has 0 aliphatic heterocycles. The van der Waals surface area contributed by atoms with Crippen LogP contribution in [-0.4, -0.2) is 48.2 Å². The summed E-state index contributed by atoms with van der Waals surface area (Å²) in [6.07, 6.45) is 3.55. The van der Waals surface area contributed by atoms with Crippen LogP contribution in [0.1, 0.15) is 26.2 Å². The summed E-state index contributed by atoms with van der Waals surface area (Å²) in [6.45, 7) is 2.61. The van der Waals surface area contributed by atoms with Gasteiger partial charge >= 0.3 is 0 Å². The van der Waals surface area contributed by atoms with Crippen molar-refractivity contribution in [3.8, 4) is 0 Å². The lowest BCUT2D eigenvalue weighted by Crippen LogP contribution is -2.52. The van der Waals surface area contributed by atoms with Gasteiger partial charge in [0, 0.05) is 19.6 Å². The first-order valence-electron chi connectivity index (χ1n) is 5.29. The van der Waals surface area contributed by atoms with Crippen molar-refractivity contribution >= 4 is 5.91 Å². The largest absolute Gasteiger partial charge is 0.395 e. The Bertz CT molecular complexity index is 193. The van der Waals surface area contributed by atoms with Crippen LogP contribution in [0.15, 0.2) is 0 Å². The number of hydrogen-bond acceptors (Lipinski definition) is 3. The van der Waals surface area contributed by atoms with Crippen LogP contribution in [0.4, 0.5) is 0 Å². The highest BCUT2D eigenvalue weighted by molar-refractivity contribution is 5.81. The average Bonchev–Trinajstić information content (AvgIpc) is 2.12. The number of amides is 1. The van der Waals surface area contributed by atoms with Gasteiger partial charge in [0.2, 0.25) is 5.91 Å². The van der Waals surface area contributed by atoms with E-state index in [9.17, 15) is 4.79 Å². The highest BCUT2D eigenvalue weighted by Gasteiger charge is 2.30. The van der Waals surface area contributed by atoms with Crippen LogP contribution in [0.2, 0.25) is 0 Å². The number of hydrogen-bond donors (Lipinski definition) is 2. The molecule has 2 N–H and O–H groups in total. The van der Waals surface area contributed by atoms with Crippen LogP contribution in [0.25, 0.3) is 0 Å². The Morgan fingerprint density at radius 1 is 1.64 bits per heavy atom. The highest BCUT2D eigenvalue weighted by Crippen LogP contribution is 2.26. The number of carbonyl (C=O) groups is 1. The summed E-state index contributed by atoms with van der Waals surface area (Å²) >= 11 is 0. The third-order valence-electron chi connectivity index (χ3n) is 3.03. The van der Waals surface area contributed by atoms with Gasteiger partial charge in [-0.3, -0.25) is 9.69 Å². The first-order valence-corrected chi connectivity index (χ1v) is 5.29. The number of rotatable bonds is 5. The second-order valence-electron chi connectivity index (χ2n) is 3.84. The fourth-order valence-corrected chi connectivity index (χ4v) is 1.89. The average molecular weight is 200 g/mol. The Morgan fingerprint density at radius 3 is 2.64 bits per heavy atom. The lowest BCUT2D eigenvalue weighted by atomic mass is 9.90. The fourth-order valence-electron chi connectivity index (χ4n) is 1.89. The molecule has 0 bridgehead atoms. The first kappa shape index (κ1) is 11.5. The Kier molecular flexibility index (Phi) is 4.35. The molecule has 0 saturated heterocycles. The molecule has 1 fully saturated rings. The molecular weight excluding hydrogens is 180 g/mol. The molecular formula is C10H20N2O2. The fraction of sp³-hybridized carbons (Fsp3) is 0.900. The van der Waals surface area contributed by atoms with Crippen molar-refractivity contribution in [3.05, 3.63) is 0 Å². The molecule has 1 aliphatic rings. The van der Waals surface area contributed by atoms with Gasteiger partial charge in [0.05, 0.1) is 12.6 Å². The van der Waals surface area contributed by atoms with Gasteiger partial charge in [0.25, 0.3) is 0 Å². The Morgan fingerprint density at radius 2 is 2.29 bits per heavy atom. The normalized spacial score (nSPS) is 19.1. The van der Waals surface area contributed by atoms with Crippen molar-refractivity contribution in [2.45, 2.75) is 38.3 Å². The molecule has 0 radical (unpaired) electrons. The molecule has 4 nitrogen and oxygen atoms in total. The van der Waals surface area contributed by atoms with E-state index >= 15 is 0 Å². The maximum absolute atomic E-state index is 11.4. The standard InChI is InChI=1S/C10H20N2O2/c1-8(10(14)11-2)12(6-7-13)9-4-3-5-9/h8-9,13H,3-7H2,1-2H3,(H,11,14). The van der Waals surface area contributed by atoms with E-state index in [1.54, 1.807) is 7.05 Å². The SMILES string of the molecule is CNC(=O)C(C)N(CCO)C1CCC1. The molecule has 0 spiro atoms. The van der Waals surface area contributed by atoms with Crippen LogP contribution >= 0.6 is 0 Å². The van der Waals surface area contributed by atoms with E-state index < -0.39 is 0 Å². The summed E-state index contributed by atoms with van der Waals surface area (Å²) in [5, 5.41) is 11.6. The van der Waals surface area contributed by atoms with Crippen molar-refractivity contribution in [3.63, 3.8) is 0 Å². The minimum atomic E-state index is -0.127.